The van der Waals surface area contributed by atoms with E-state index in [-0.39, 0.29) is 18.9 Å². The highest BCUT2D eigenvalue weighted by Gasteiger charge is 2.12. The van der Waals surface area contributed by atoms with Gasteiger partial charge in [-0.1, -0.05) is 53.0 Å². The fourth-order valence-electron chi connectivity index (χ4n) is 2.96. The lowest BCUT2D eigenvalue weighted by molar-refractivity contribution is -0.121. The molecule has 0 aliphatic carbocycles. The van der Waals surface area contributed by atoms with Crippen molar-refractivity contribution in [2.24, 2.45) is 5.10 Å². The Bertz CT molecular complexity index is 1210. The first kappa shape index (κ1) is 27.1. The van der Waals surface area contributed by atoms with Crippen molar-refractivity contribution in [2.75, 3.05) is 13.7 Å². The van der Waals surface area contributed by atoms with E-state index in [0.29, 0.717) is 55.4 Å². The van der Waals surface area contributed by atoms with Gasteiger partial charge in [-0.05, 0) is 64.3 Å². The normalized spacial score (nSPS) is 10.9. The van der Waals surface area contributed by atoms with Gasteiger partial charge in [0.25, 0.3) is 0 Å². The van der Waals surface area contributed by atoms with E-state index < -0.39 is 0 Å². The van der Waals surface area contributed by atoms with Crippen molar-refractivity contribution in [2.45, 2.75) is 19.4 Å². The monoisotopic (exact) mass is 598 g/mol. The summed E-state index contributed by atoms with van der Waals surface area (Å²) in [6.45, 7) is 0.615. The van der Waals surface area contributed by atoms with E-state index in [0.717, 1.165) is 5.56 Å². The summed E-state index contributed by atoms with van der Waals surface area (Å²) >= 11 is 21.6. The van der Waals surface area contributed by atoms with E-state index in [1.165, 1.54) is 6.21 Å². The van der Waals surface area contributed by atoms with Crippen molar-refractivity contribution in [3.8, 4) is 17.2 Å². The van der Waals surface area contributed by atoms with Gasteiger partial charge in [-0.3, -0.25) is 4.79 Å². The molecular formula is C25H22BrCl3N2O4. The number of nitrogens with one attached hydrogen (secondary N) is 1. The van der Waals surface area contributed by atoms with Gasteiger partial charge in [0.2, 0.25) is 5.91 Å². The number of halogens is 4. The molecule has 0 saturated heterocycles. The summed E-state index contributed by atoms with van der Waals surface area (Å²) in [5.74, 6) is 1.33. The Hall–Kier alpha value is -2.45. The molecule has 6 nitrogen and oxygen atoms in total. The standard InChI is InChI=1S/C25H22BrCl3N2O4/c1-33-23-12-16(11-19(26)25(23)35-15-17-5-2-3-6-20(17)28)14-30-31-24(32)7-4-10-34-22-9-8-18(27)13-21(22)29/h2-3,5-6,8-9,11-14H,4,7,10,15H2,1H3,(H,31,32)/b30-14-. The molecule has 35 heavy (non-hydrogen) atoms. The fourth-order valence-corrected chi connectivity index (χ4v) is 4.19. The van der Waals surface area contributed by atoms with Crippen LogP contribution in [0.2, 0.25) is 15.1 Å². The maximum absolute atomic E-state index is 12.1. The average molecular weight is 601 g/mol. The number of ether oxygens (including phenoxy) is 3. The number of methoxy groups -OCH3 is 1. The van der Waals surface area contributed by atoms with Gasteiger partial charge in [-0.15, -0.1) is 0 Å². The lowest BCUT2D eigenvalue weighted by atomic mass is 10.2. The predicted octanol–water partition coefficient (Wildman–Crippen LogP) is 7.31. The lowest BCUT2D eigenvalue weighted by Crippen LogP contribution is -2.18. The molecule has 3 aromatic rings. The molecule has 0 heterocycles. The zero-order valence-corrected chi connectivity index (χ0v) is 22.5. The van der Waals surface area contributed by atoms with Crippen LogP contribution < -0.4 is 19.6 Å². The molecule has 0 radical (unpaired) electrons. The average Bonchev–Trinajstić information content (AvgIpc) is 2.83. The summed E-state index contributed by atoms with van der Waals surface area (Å²) in [7, 11) is 1.55. The summed E-state index contributed by atoms with van der Waals surface area (Å²) in [6, 6.07) is 16.0. The molecular weight excluding hydrogens is 579 g/mol. The highest BCUT2D eigenvalue weighted by Crippen LogP contribution is 2.37. The molecule has 0 bridgehead atoms. The van der Waals surface area contributed by atoms with Crippen LogP contribution in [0.1, 0.15) is 24.0 Å². The second-order valence-electron chi connectivity index (χ2n) is 7.23. The topological polar surface area (TPSA) is 69.2 Å². The van der Waals surface area contributed by atoms with Crippen LogP contribution in [-0.4, -0.2) is 25.8 Å². The second-order valence-corrected chi connectivity index (χ2v) is 9.34. The van der Waals surface area contributed by atoms with Crippen LogP contribution >= 0.6 is 50.7 Å². The first-order chi connectivity index (χ1) is 16.9. The molecule has 184 valence electrons. The van der Waals surface area contributed by atoms with Crippen molar-refractivity contribution in [1.29, 1.82) is 0 Å². The molecule has 0 fully saturated rings. The van der Waals surface area contributed by atoms with Crippen molar-refractivity contribution in [3.05, 3.63) is 85.3 Å². The number of carbonyl (C=O) groups is 1. The van der Waals surface area contributed by atoms with Gasteiger partial charge in [0, 0.05) is 22.0 Å². The first-order valence-electron chi connectivity index (χ1n) is 10.5. The smallest absolute Gasteiger partial charge is 0.240 e. The maximum Gasteiger partial charge on any atom is 0.240 e. The Morgan fingerprint density at radius 1 is 1.03 bits per heavy atom. The number of benzene rings is 3. The number of hydrazone groups is 1. The molecule has 3 aromatic carbocycles. The van der Waals surface area contributed by atoms with Gasteiger partial charge >= 0.3 is 0 Å². The third-order valence-electron chi connectivity index (χ3n) is 4.68. The number of amides is 1. The molecule has 1 N–H and O–H groups in total. The molecule has 0 spiro atoms. The summed E-state index contributed by atoms with van der Waals surface area (Å²) in [5, 5.41) is 5.60. The Labute approximate surface area is 227 Å². The number of hydrogen-bond donors (Lipinski definition) is 1. The lowest BCUT2D eigenvalue weighted by Gasteiger charge is -2.14. The van der Waals surface area contributed by atoms with E-state index >= 15 is 0 Å². The van der Waals surface area contributed by atoms with Crippen LogP contribution in [0.25, 0.3) is 0 Å². The molecule has 1 amide bonds. The van der Waals surface area contributed by atoms with Gasteiger partial charge in [-0.25, -0.2) is 5.43 Å². The molecule has 0 unspecified atom stereocenters. The van der Waals surface area contributed by atoms with Crippen LogP contribution in [-0.2, 0) is 11.4 Å². The number of nitrogens with zero attached hydrogens (tertiary/aromatic N) is 1. The van der Waals surface area contributed by atoms with Crippen molar-refractivity contribution < 1.29 is 19.0 Å². The van der Waals surface area contributed by atoms with E-state index in [1.807, 2.05) is 30.3 Å². The molecule has 0 saturated carbocycles. The first-order valence-corrected chi connectivity index (χ1v) is 12.4. The Morgan fingerprint density at radius 2 is 1.83 bits per heavy atom. The van der Waals surface area contributed by atoms with Gasteiger partial charge in [-0.2, -0.15) is 5.10 Å². The molecule has 3 rings (SSSR count). The highest BCUT2D eigenvalue weighted by atomic mass is 79.9. The predicted molar refractivity (Wildman–Crippen MR) is 143 cm³/mol. The number of hydrogen-bond acceptors (Lipinski definition) is 5. The molecule has 0 atom stereocenters. The third-order valence-corrected chi connectivity index (χ3v) is 6.17. The van der Waals surface area contributed by atoms with Crippen LogP contribution in [0.15, 0.2) is 64.2 Å². The molecule has 10 heteroatoms. The highest BCUT2D eigenvalue weighted by molar-refractivity contribution is 9.10. The van der Waals surface area contributed by atoms with Crippen molar-refractivity contribution >= 4 is 62.9 Å². The van der Waals surface area contributed by atoms with Crippen molar-refractivity contribution in [3.63, 3.8) is 0 Å². The van der Waals surface area contributed by atoms with Crippen molar-refractivity contribution in [1.82, 2.24) is 5.43 Å². The zero-order valence-electron chi connectivity index (χ0n) is 18.7. The zero-order chi connectivity index (χ0) is 25.2. The molecule has 0 aliphatic heterocycles. The number of rotatable bonds is 11. The Kier molecular flexibility index (Phi) is 10.5. The van der Waals surface area contributed by atoms with E-state index in [2.05, 4.69) is 26.5 Å². The fraction of sp³-hybridized carbons (Fsp3) is 0.200. The second kappa shape index (κ2) is 13.6. The SMILES string of the molecule is COc1cc(/C=N\NC(=O)CCCOc2ccc(Cl)cc2Cl)cc(Br)c1OCc1ccccc1Cl. The minimum atomic E-state index is -0.238. The Balaban J connectivity index is 1.49. The van der Waals surface area contributed by atoms with Gasteiger partial charge in [0.15, 0.2) is 11.5 Å². The summed E-state index contributed by atoms with van der Waals surface area (Å²) in [5.41, 5.74) is 4.07. The largest absolute Gasteiger partial charge is 0.493 e. The third kappa shape index (κ3) is 8.32. The van der Waals surface area contributed by atoms with Gasteiger partial charge < -0.3 is 14.2 Å². The van der Waals surface area contributed by atoms with Crippen LogP contribution in [0.5, 0.6) is 17.2 Å². The maximum atomic E-state index is 12.1. The quantitative estimate of drug-likeness (QED) is 0.142. The van der Waals surface area contributed by atoms with Crippen LogP contribution in [0, 0.1) is 0 Å². The molecule has 0 aliphatic rings. The number of carbonyl (C=O) groups excluding carboxylic acids is 1. The molecule has 0 aromatic heterocycles. The van der Waals surface area contributed by atoms with Crippen LogP contribution in [0.4, 0.5) is 0 Å². The summed E-state index contributed by atoms with van der Waals surface area (Å²) < 4.78 is 17.6. The van der Waals surface area contributed by atoms with Gasteiger partial charge in [0.1, 0.15) is 12.4 Å². The summed E-state index contributed by atoms with van der Waals surface area (Å²) in [4.78, 5) is 12.1. The van der Waals surface area contributed by atoms with Gasteiger partial charge in [0.05, 0.1) is 29.4 Å². The van der Waals surface area contributed by atoms with E-state index in [4.69, 9.17) is 49.0 Å². The summed E-state index contributed by atoms with van der Waals surface area (Å²) in [6.07, 6.45) is 2.26. The minimum Gasteiger partial charge on any atom is -0.493 e. The Morgan fingerprint density at radius 3 is 2.57 bits per heavy atom. The van der Waals surface area contributed by atoms with Crippen LogP contribution in [0.3, 0.4) is 0 Å². The minimum absolute atomic E-state index is 0.238. The van der Waals surface area contributed by atoms with E-state index in [9.17, 15) is 4.79 Å². The van der Waals surface area contributed by atoms with E-state index in [1.54, 1.807) is 31.4 Å².